The van der Waals surface area contributed by atoms with E-state index in [1.807, 2.05) is 36.4 Å². The van der Waals surface area contributed by atoms with Gasteiger partial charge in [-0.05, 0) is 43.0 Å². The number of carbonyl (C=O) groups excluding carboxylic acids is 1. The molecule has 1 amide bonds. The first-order valence-corrected chi connectivity index (χ1v) is 12.1. The van der Waals surface area contributed by atoms with Gasteiger partial charge in [-0.15, -0.1) is 0 Å². The average molecular weight is 461 g/mol. The SMILES string of the molecule is NC(=O)C1CC2CN1CCNCOC1CCC/C1=C/C=C\C=C/c1cc3ccccc3nc1O2. The number of nitrogens with zero attached hydrogens (tertiary/aromatic N) is 2. The lowest BCUT2D eigenvalue weighted by Gasteiger charge is -2.22. The number of amides is 1. The molecule has 3 heterocycles. The number of hydrogen-bond acceptors (Lipinski definition) is 6. The molecular weight excluding hydrogens is 428 g/mol. The Bertz CT molecular complexity index is 1130. The van der Waals surface area contributed by atoms with Gasteiger partial charge in [-0.1, -0.05) is 42.5 Å². The second kappa shape index (κ2) is 10.5. The molecule has 0 radical (unpaired) electrons. The van der Waals surface area contributed by atoms with E-state index in [-0.39, 0.29) is 24.2 Å². The van der Waals surface area contributed by atoms with E-state index in [2.05, 4.69) is 34.5 Å². The van der Waals surface area contributed by atoms with E-state index in [0.717, 1.165) is 35.7 Å². The Labute approximate surface area is 200 Å². The molecule has 4 atom stereocenters. The van der Waals surface area contributed by atoms with Crippen molar-refractivity contribution in [3.05, 3.63) is 65.8 Å². The molecule has 2 aliphatic heterocycles. The van der Waals surface area contributed by atoms with Crippen LogP contribution in [0.3, 0.4) is 0 Å². The van der Waals surface area contributed by atoms with E-state index in [4.69, 9.17) is 20.2 Å². The molecule has 2 bridgehead atoms. The third-order valence-corrected chi connectivity index (χ3v) is 6.80. The van der Waals surface area contributed by atoms with Gasteiger partial charge >= 0.3 is 0 Å². The minimum absolute atomic E-state index is 0.159. The van der Waals surface area contributed by atoms with Crippen molar-refractivity contribution in [3.63, 3.8) is 0 Å². The highest BCUT2D eigenvalue weighted by Gasteiger charge is 2.37. The monoisotopic (exact) mass is 460 g/mol. The smallest absolute Gasteiger partial charge is 0.234 e. The second-order valence-corrected chi connectivity index (χ2v) is 9.14. The van der Waals surface area contributed by atoms with Crippen molar-refractivity contribution in [1.29, 1.82) is 0 Å². The molecule has 1 saturated heterocycles. The highest BCUT2D eigenvalue weighted by atomic mass is 16.5. The largest absolute Gasteiger partial charge is 0.472 e. The van der Waals surface area contributed by atoms with Crippen LogP contribution in [0.1, 0.15) is 31.2 Å². The Balaban J connectivity index is 1.46. The lowest BCUT2D eigenvalue weighted by Crippen LogP contribution is -2.43. The first-order valence-electron chi connectivity index (χ1n) is 12.1. The summed E-state index contributed by atoms with van der Waals surface area (Å²) in [6.07, 6.45) is 14.2. The zero-order valence-corrected chi connectivity index (χ0v) is 19.4. The van der Waals surface area contributed by atoms with Crippen LogP contribution < -0.4 is 15.8 Å². The molecule has 1 aromatic carbocycles. The van der Waals surface area contributed by atoms with Crippen molar-refractivity contribution in [3.8, 4) is 5.88 Å². The molecule has 178 valence electrons. The van der Waals surface area contributed by atoms with E-state index in [0.29, 0.717) is 38.7 Å². The topological polar surface area (TPSA) is 89.7 Å². The highest BCUT2D eigenvalue weighted by Crippen LogP contribution is 2.29. The first kappa shape index (κ1) is 22.8. The van der Waals surface area contributed by atoms with Crippen LogP contribution in [-0.4, -0.2) is 60.4 Å². The van der Waals surface area contributed by atoms with Gasteiger partial charge in [0, 0.05) is 37.0 Å². The summed E-state index contributed by atoms with van der Waals surface area (Å²) in [6, 6.07) is 9.77. The summed E-state index contributed by atoms with van der Waals surface area (Å²) in [6.45, 7) is 2.53. The molecule has 0 spiro atoms. The lowest BCUT2D eigenvalue weighted by atomic mass is 10.1. The number of nitrogens with one attached hydrogen (secondary N) is 1. The van der Waals surface area contributed by atoms with Crippen molar-refractivity contribution in [1.82, 2.24) is 15.2 Å². The van der Waals surface area contributed by atoms with Crippen LogP contribution >= 0.6 is 0 Å². The van der Waals surface area contributed by atoms with Crippen LogP contribution in [0.15, 0.2) is 60.2 Å². The maximum atomic E-state index is 12.1. The first-order chi connectivity index (χ1) is 16.7. The number of primary amides is 1. The van der Waals surface area contributed by atoms with Crippen LogP contribution in [0.4, 0.5) is 0 Å². The Morgan fingerprint density at radius 1 is 1.21 bits per heavy atom. The lowest BCUT2D eigenvalue weighted by molar-refractivity contribution is -0.122. The molecule has 34 heavy (non-hydrogen) atoms. The minimum atomic E-state index is -0.346. The van der Waals surface area contributed by atoms with Gasteiger partial charge in [-0.2, -0.15) is 0 Å². The molecule has 5 rings (SSSR count). The Hall–Kier alpha value is -3.00. The Kier molecular flexibility index (Phi) is 7.04. The normalized spacial score (nSPS) is 31.2. The maximum Gasteiger partial charge on any atom is 0.234 e. The van der Waals surface area contributed by atoms with E-state index in [9.17, 15) is 4.79 Å². The number of nitrogens with two attached hydrogens (primary N) is 1. The van der Waals surface area contributed by atoms with E-state index < -0.39 is 0 Å². The number of allylic oxidation sites excluding steroid dienone is 4. The zero-order valence-electron chi connectivity index (χ0n) is 19.4. The molecule has 2 aromatic rings. The molecule has 3 N–H and O–H groups in total. The minimum Gasteiger partial charge on any atom is -0.472 e. The van der Waals surface area contributed by atoms with E-state index in [1.165, 1.54) is 5.57 Å². The quantitative estimate of drug-likeness (QED) is 0.680. The van der Waals surface area contributed by atoms with Gasteiger partial charge in [0.1, 0.15) is 6.10 Å². The fourth-order valence-corrected chi connectivity index (χ4v) is 5.05. The van der Waals surface area contributed by atoms with Gasteiger partial charge in [0.2, 0.25) is 11.8 Å². The van der Waals surface area contributed by atoms with Crippen LogP contribution in [0.5, 0.6) is 5.88 Å². The number of fused-ring (bicyclic) bond motifs is 5. The molecule has 7 heteroatoms. The number of aromatic nitrogens is 1. The molecule has 1 aliphatic carbocycles. The van der Waals surface area contributed by atoms with E-state index >= 15 is 0 Å². The van der Waals surface area contributed by atoms with Gasteiger partial charge in [0.05, 0.1) is 24.4 Å². The number of benzene rings is 1. The van der Waals surface area contributed by atoms with Crippen molar-refractivity contribution < 1.29 is 14.3 Å². The molecule has 4 unspecified atom stereocenters. The summed E-state index contributed by atoms with van der Waals surface area (Å²) in [5.74, 6) is 0.269. The van der Waals surface area contributed by atoms with Crippen molar-refractivity contribution in [2.45, 2.75) is 43.9 Å². The Morgan fingerprint density at radius 2 is 2.12 bits per heavy atom. The molecule has 1 saturated carbocycles. The number of hydrogen-bond donors (Lipinski definition) is 2. The fourth-order valence-electron chi connectivity index (χ4n) is 5.05. The zero-order chi connectivity index (χ0) is 23.3. The van der Waals surface area contributed by atoms with Crippen LogP contribution in [-0.2, 0) is 9.53 Å². The fraction of sp³-hybridized carbons (Fsp3) is 0.407. The van der Waals surface area contributed by atoms with Gasteiger partial charge < -0.3 is 15.2 Å². The summed E-state index contributed by atoms with van der Waals surface area (Å²) < 4.78 is 12.5. The van der Waals surface area contributed by atoms with Crippen LogP contribution in [0.25, 0.3) is 17.0 Å². The number of pyridine rings is 1. The van der Waals surface area contributed by atoms with Gasteiger partial charge in [0.15, 0.2) is 0 Å². The standard InChI is InChI=1S/C27H32N4O3/c28-26(32)24-16-22-17-31(24)14-13-29-18-33-25-12-6-10-19(25)7-2-1-3-9-21-15-20-8-4-5-11-23(20)30-27(21)34-22/h1-5,7-9,11,15,22,24-25,29H,6,10,12-14,16-18H2,(H2,28,32)/b2-1-,9-3-,19-7-. The van der Waals surface area contributed by atoms with Crippen LogP contribution in [0, 0.1) is 0 Å². The van der Waals surface area contributed by atoms with E-state index in [1.54, 1.807) is 0 Å². The molecule has 2 fully saturated rings. The molecule has 1 aromatic heterocycles. The molecule has 7 nitrogen and oxygen atoms in total. The highest BCUT2D eigenvalue weighted by molar-refractivity contribution is 5.82. The number of carbonyl (C=O) groups is 1. The number of rotatable bonds is 1. The van der Waals surface area contributed by atoms with Crippen molar-refractivity contribution in [2.75, 3.05) is 26.4 Å². The van der Waals surface area contributed by atoms with Gasteiger partial charge in [-0.25, -0.2) is 4.98 Å². The van der Waals surface area contributed by atoms with Crippen molar-refractivity contribution in [2.24, 2.45) is 5.73 Å². The number of para-hydroxylation sites is 1. The second-order valence-electron chi connectivity index (χ2n) is 9.14. The summed E-state index contributed by atoms with van der Waals surface area (Å²) in [5.41, 5.74) is 8.86. The van der Waals surface area contributed by atoms with Gasteiger partial charge in [-0.3, -0.25) is 15.0 Å². The third kappa shape index (κ3) is 5.22. The summed E-state index contributed by atoms with van der Waals surface area (Å²) in [4.78, 5) is 19.0. The molecule has 3 aliphatic rings. The molecular formula is C27H32N4O3. The third-order valence-electron chi connectivity index (χ3n) is 6.80. The number of ether oxygens (including phenoxy) is 2. The summed E-state index contributed by atoms with van der Waals surface area (Å²) >= 11 is 0. The summed E-state index contributed by atoms with van der Waals surface area (Å²) in [5, 5.41) is 4.41. The summed E-state index contributed by atoms with van der Waals surface area (Å²) in [7, 11) is 0. The van der Waals surface area contributed by atoms with Crippen LogP contribution in [0.2, 0.25) is 0 Å². The van der Waals surface area contributed by atoms with Gasteiger partial charge in [0.25, 0.3) is 0 Å². The predicted molar refractivity (Wildman–Crippen MR) is 133 cm³/mol. The van der Waals surface area contributed by atoms with Crippen molar-refractivity contribution >= 4 is 22.9 Å². The maximum absolute atomic E-state index is 12.1. The average Bonchev–Trinajstić information content (AvgIpc) is 3.45. The predicted octanol–water partition coefficient (Wildman–Crippen LogP) is 3.17. The Morgan fingerprint density at radius 3 is 3.03 bits per heavy atom.